The molecule has 16 nitrogen and oxygen atoms in total. The van der Waals surface area contributed by atoms with Crippen molar-refractivity contribution in [2.24, 2.45) is 26.9 Å². The number of aryl methyl sites for hydroxylation is 4. The fourth-order valence-corrected chi connectivity index (χ4v) is 6.89. The molecule has 2 amide bonds. The molecule has 0 spiro atoms. The monoisotopic (exact) mass is 829 g/mol. The average Bonchev–Trinajstić information content (AvgIpc) is 3.77. The highest BCUT2D eigenvalue weighted by molar-refractivity contribution is 5.89. The standard InChI is InChI=1S/C19H26N2O4.C13H16N2O3.C12H15N3O2/c1-12-7-8-16-14(9-12)13(11-21(16)5)10-15(17(22)24-6)20-18(23)25-19(2,3)4;1-15-7-8(5-11(14)13(17)18-2)10-6-9(16)3-4-12(10)15;1-15-6-7(4-10(13)12(14)17)9-5-8(16)2-3-11(9)15/h7-9,11,15H,10H2,1-6H3,(H,20,23);3-4,6-7,11,16H,5,14H2,1-2H3;2-3,5-6,10,16H,4,13H2,1H3,(H2,14,17)/p+2/t15-;11-;10-/m000/s1. The molecule has 0 aliphatic carbocycles. The van der Waals surface area contributed by atoms with Gasteiger partial charge in [-0.05, 0) is 92.9 Å². The number of rotatable bonds is 10. The molecular weight excluding hydrogens is 771 g/mol. The molecule has 6 rings (SSSR count). The van der Waals surface area contributed by atoms with Crippen LogP contribution in [0.5, 0.6) is 11.5 Å². The Hall–Kier alpha value is -6.52. The number of primary amides is 1. The zero-order valence-corrected chi connectivity index (χ0v) is 35.9. The number of phenols is 2. The number of benzene rings is 3. The molecule has 16 heteroatoms. The molecule has 0 saturated carbocycles. The molecule has 0 saturated heterocycles. The second-order valence-electron chi connectivity index (χ2n) is 15.9. The number of nitrogens with two attached hydrogens (primary N) is 1. The number of aromatic hydroxyl groups is 2. The van der Waals surface area contributed by atoms with Crippen LogP contribution in [0.25, 0.3) is 32.7 Å². The maximum Gasteiger partial charge on any atom is 0.408 e. The van der Waals surface area contributed by atoms with Crippen molar-refractivity contribution >= 4 is 56.6 Å². The van der Waals surface area contributed by atoms with Crippen LogP contribution in [-0.4, -0.2) is 85.8 Å². The Kier molecular flexibility index (Phi) is 15.0. The van der Waals surface area contributed by atoms with Crippen molar-refractivity contribution in [3.05, 3.63) is 95.4 Å². The number of carbonyl (C=O) groups excluding carboxylic acids is 4. The first-order valence-corrected chi connectivity index (χ1v) is 19.3. The summed E-state index contributed by atoms with van der Waals surface area (Å²) in [7, 11) is 8.47. The first-order chi connectivity index (χ1) is 28.1. The van der Waals surface area contributed by atoms with E-state index in [2.05, 4.69) is 27.6 Å². The summed E-state index contributed by atoms with van der Waals surface area (Å²) >= 11 is 0. The van der Waals surface area contributed by atoms with Gasteiger partial charge in [0, 0.05) is 91.7 Å². The lowest BCUT2D eigenvalue weighted by atomic mass is 10.0. The van der Waals surface area contributed by atoms with E-state index in [4.69, 9.17) is 15.2 Å². The molecule has 0 fully saturated rings. The Bertz CT molecular complexity index is 2490. The number of phenolic OH excluding ortho intramolecular Hbond substituents is 2. The number of hydrogen-bond acceptors (Lipinski definition) is 9. The Morgan fingerprint density at radius 1 is 0.683 bits per heavy atom. The van der Waals surface area contributed by atoms with Crippen LogP contribution in [0, 0.1) is 6.92 Å². The van der Waals surface area contributed by atoms with Crippen LogP contribution < -0.4 is 22.5 Å². The average molecular weight is 830 g/mol. The number of methoxy groups -OCH3 is 2. The van der Waals surface area contributed by atoms with E-state index < -0.39 is 41.7 Å². The summed E-state index contributed by atoms with van der Waals surface area (Å²) in [5.74, 6) is -0.817. The molecule has 60 heavy (non-hydrogen) atoms. The number of alkyl carbamates (subject to hydrolysis) is 1. The number of carbonyl (C=O) groups is 4. The van der Waals surface area contributed by atoms with Crippen molar-refractivity contribution in [1.82, 2.24) is 19.0 Å². The number of ether oxygens (including phenoxy) is 3. The molecule has 3 heterocycles. The Labute approximate surface area is 348 Å². The molecule has 0 unspecified atom stereocenters. The summed E-state index contributed by atoms with van der Waals surface area (Å²) in [6, 6.07) is 14.8. The van der Waals surface area contributed by atoms with Gasteiger partial charge < -0.3 is 60.6 Å². The van der Waals surface area contributed by atoms with E-state index in [0.717, 1.165) is 55.0 Å². The van der Waals surface area contributed by atoms with Crippen molar-refractivity contribution in [2.45, 2.75) is 70.7 Å². The third-order valence-corrected chi connectivity index (χ3v) is 9.81. The van der Waals surface area contributed by atoms with Gasteiger partial charge in [-0.2, -0.15) is 0 Å². The van der Waals surface area contributed by atoms with Crippen LogP contribution >= 0.6 is 0 Å². The van der Waals surface area contributed by atoms with Gasteiger partial charge in [0.2, 0.25) is 0 Å². The van der Waals surface area contributed by atoms with Crippen molar-refractivity contribution in [1.29, 1.82) is 0 Å². The van der Waals surface area contributed by atoms with Crippen molar-refractivity contribution in [3.8, 4) is 11.5 Å². The minimum Gasteiger partial charge on any atom is -0.508 e. The summed E-state index contributed by atoms with van der Waals surface area (Å²) in [6.45, 7) is 7.33. The molecule has 3 aromatic carbocycles. The van der Waals surface area contributed by atoms with Gasteiger partial charge in [-0.25, -0.2) is 14.4 Å². The van der Waals surface area contributed by atoms with E-state index >= 15 is 0 Å². The summed E-state index contributed by atoms with van der Waals surface area (Å²) in [5, 5.41) is 24.6. The zero-order chi connectivity index (χ0) is 44.6. The van der Waals surface area contributed by atoms with Gasteiger partial charge in [-0.15, -0.1) is 0 Å². The zero-order valence-electron chi connectivity index (χ0n) is 35.9. The SMILES string of the molecule is COC(=O)[C@@H]([NH3+])Cc1cn(C)c2ccc(O)cc12.COC(=O)[C@H](Cc1cn(C)c2ccc(C)cc12)NC(=O)OC(C)(C)C.Cn1cc(C[C@H]([NH3+])C(N)=O)c2cc(O)ccc21. The number of esters is 2. The minimum absolute atomic E-state index is 0.213. The third-order valence-electron chi connectivity index (χ3n) is 9.81. The van der Waals surface area contributed by atoms with Gasteiger partial charge in [-0.3, -0.25) is 4.79 Å². The number of aromatic nitrogens is 3. The maximum atomic E-state index is 12.1. The summed E-state index contributed by atoms with van der Waals surface area (Å²) in [5.41, 5.74) is 19.2. The lowest BCUT2D eigenvalue weighted by molar-refractivity contribution is -0.407. The van der Waals surface area contributed by atoms with E-state index in [-0.39, 0.29) is 17.5 Å². The molecule has 11 N–H and O–H groups in total. The molecule has 6 aromatic rings. The van der Waals surface area contributed by atoms with Gasteiger partial charge in [0.05, 0.1) is 14.2 Å². The van der Waals surface area contributed by atoms with Gasteiger partial charge in [0.1, 0.15) is 23.1 Å². The summed E-state index contributed by atoms with van der Waals surface area (Å²) in [6.07, 6.45) is 6.52. The van der Waals surface area contributed by atoms with Crippen molar-refractivity contribution in [2.75, 3.05) is 14.2 Å². The molecule has 0 radical (unpaired) electrons. The van der Waals surface area contributed by atoms with E-state index in [1.807, 2.05) is 84.6 Å². The van der Waals surface area contributed by atoms with E-state index in [0.29, 0.717) is 19.3 Å². The maximum absolute atomic E-state index is 12.1. The highest BCUT2D eigenvalue weighted by atomic mass is 16.6. The number of quaternary nitrogens is 2. The predicted octanol–water partition coefficient (Wildman–Crippen LogP) is 2.83. The number of nitrogens with zero attached hydrogens (tertiary/aromatic N) is 3. The summed E-state index contributed by atoms with van der Waals surface area (Å²) in [4.78, 5) is 46.6. The van der Waals surface area contributed by atoms with Crippen LogP contribution in [0.1, 0.15) is 43.0 Å². The third kappa shape index (κ3) is 11.8. The summed E-state index contributed by atoms with van der Waals surface area (Å²) < 4.78 is 20.7. The first kappa shape index (κ1) is 46.2. The lowest BCUT2D eigenvalue weighted by Crippen LogP contribution is -2.67. The molecule has 0 bridgehead atoms. The molecular formula is C44H59N7O9+2. The second-order valence-corrected chi connectivity index (χ2v) is 15.9. The number of fused-ring (bicyclic) bond motifs is 3. The van der Waals surface area contributed by atoms with Crippen molar-refractivity contribution in [3.63, 3.8) is 0 Å². The molecule has 0 aliphatic heterocycles. The van der Waals surface area contributed by atoms with E-state index in [9.17, 15) is 29.4 Å². The fraction of sp³-hybridized carbons (Fsp3) is 0.364. The largest absolute Gasteiger partial charge is 0.508 e. The number of nitrogens with one attached hydrogen (secondary N) is 1. The highest BCUT2D eigenvalue weighted by Crippen LogP contribution is 2.27. The number of amides is 2. The molecule has 322 valence electrons. The van der Waals surface area contributed by atoms with Gasteiger partial charge >= 0.3 is 18.0 Å². The molecule has 3 atom stereocenters. The van der Waals surface area contributed by atoms with Crippen LogP contribution in [-0.2, 0) is 69.0 Å². The fourth-order valence-electron chi connectivity index (χ4n) is 6.89. The van der Waals surface area contributed by atoms with Crippen LogP contribution in [0.4, 0.5) is 4.79 Å². The minimum atomic E-state index is -0.814. The smallest absolute Gasteiger partial charge is 0.408 e. The predicted molar refractivity (Wildman–Crippen MR) is 228 cm³/mol. The van der Waals surface area contributed by atoms with Gasteiger partial charge in [0.15, 0.2) is 12.1 Å². The second kappa shape index (κ2) is 19.5. The topological polar surface area (TPSA) is 245 Å². The van der Waals surface area contributed by atoms with Crippen LogP contribution in [0.3, 0.4) is 0 Å². The van der Waals surface area contributed by atoms with Crippen LogP contribution in [0.2, 0.25) is 0 Å². The van der Waals surface area contributed by atoms with E-state index in [1.54, 1.807) is 45.0 Å². The Morgan fingerprint density at radius 3 is 1.53 bits per heavy atom. The highest BCUT2D eigenvalue weighted by Gasteiger charge is 2.27. The van der Waals surface area contributed by atoms with Crippen molar-refractivity contribution < 1.29 is 55.1 Å². The van der Waals surface area contributed by atoms with E-state index in [1.165, 1.54) is 14.2 Å². The first-order valence-electron chi connectivity index (χ1n) is 19.3. The molecule has 0 aliphatic rings. The Balaban J connectivity index is 0.000000203. The molecule has 3 aromatic heterocycles. The number of hydrogen-bond donors (Lipinski definition) is 6. The quantitative estimate of drug-likeness (QED) is 0.0877. The lowest BCUT2D eigenvalue weighted by Gasteiger charge is -2.22. The van der Waals surface area contributed by atoms with Gasteiger partial charge in [-0.1, -0.05) is 11.6 Å². The normalized spacial score (nSPS) is 12.7. The van der Waals surface area contributed by atoms with Crippen LogP contribution in [0.15, 0.2) is 73.2 Å². The van der Waals surface area contributed by atoms with Gasteiger partial charge in [0.25, 0.3) is 5.91 Å². The Morgan fingerprint density at radius 2 is 1.10 bits per heavy atom.